The van der Waals surface area contributed by atoms with Crippen LogP contribution in [0.4, 0.5) is 0 Å². The first-order chi connectivity index (χ1) is 10.4. The average molecular weight is 320 g/mol. The highest BCUT2D eigenvalue weighted by molar-refractivity contribution is 7.99. The number of benzene rings is 1. The Labute approximate surface area is 136 Å². The van der Waals surface area contributed by atoms with Crippen molar-refractivity contribution in [1.82, 2.24) is 9.80 Å². The van der Waals surface area contributed by atoms with Crippen LogP contribution in [0.5, 0.6) is 0 Å². The fourth-order valence-electron chi connectivity index (χ4n) is 2.80. The Morgan fingerprint density at radius 1 is 1.23 bits per heavy atom. The summed E-state index contributed by atoms with van der Waals surface area (Å²) in [6.45, 7) is 8.09. The maximum Gasteiger partial charge on any atom is 0.242 e. The van der Waals surface area contributed by atoms with E-state index in [-0.39, 0.29) is 23.6 Å². The van der Waals surface area contributed by atoms with Gasteiger partial charge in [-0.15, -0.1) is 0 Å². The molecule has 0 aliphatic carbocycles. The molecular weight excluding hydrogens is 296 g/mol. The summed E-state index contributed by atoms with van der Waals surface area (Å²) in [6, 6.07) is 6.37. The molecule has 22 heavy (non-hydrogen) atoms. The number of hydrogen-bond donors (Lipinski definition) is 0. The van der Waals surface area contributed by atoms with Gasteiger partial charge in [0, 0.05) is 19.6 Å². The van der Waals surface area contributed by atoms with Gasteiger partial charge in [0.2, 0.25) is 11.8 Å². The SMILES string of the molecule is CS[C@H](C)C(=O)N1CCN(Cc2cc(C)cc(C)c2)C(=O)C1. The largest absolute Gasteiger partial charge is 0.335 e. The Balaban J connectivity index is 1.99. The molecule has 2 rings (SSSR count). The van der Waals surface area contributed by atoms with E-state index in [2.05, 4.69) is 32.0 Å². The molecule has 2 amide bonds. The maximum atomic E-state index is 12.3. The second-order valence-electron chi connectivity index (χ2n) is 5.95. The molecule has 0 spiro atoms. The topological polar surface area (TPSA) is 40.6 Å². The molecule has 1 aliphatic heterocycles. The van der Waals surface area contributed by atoms with Gasteiger partial charge in [0.25, 0.3) is 0 Å². The third kappa shape index (κ3) is 4.03. The minimum Gasteiger partial charge on any atom is -0.335 e. The molecule has 1 aromatic rings. The normalized spacial score (nSPS) is 16.8. The van der Waals surface area contributed by atoms with Gasteiger partial charge in [-0.05, 0) is 32.6 Å². The highest BCUT2D eigenvalue weighted by Crippen LogP contribution is 2.16. The van der Waals surface area contributed by atoms with E-state index in [4.69, 9.17) is 0 Å². The number of aryl methyl sites for hydroxylation is 2. The van der Waals surface area contributed by atoms with Crippen LogP contribution in [0.3, 0.4) is 0 Å². The highest BCUT2D eigenvalue weighted by atomic mass is 32.2. The number of amides is 2. The van der Waals surface area contributed by atoms with Gasteiger partial charge in [0.05, 0.1) is 11.8 Å². The fourth-order valence-corrected chi connectivity index (χ4v) is 3.15. The summed E-state index contributed by atoms with van der Waals surface area (Å²) in [6.07, 6.45) is 1.92. The summed E-state index contributed by atoms with van der Waals surface area (Å²) in [5.41, 5.74) is 3.58. The fraction of sp³-hybridized carbons (Fsp3) is 0.529. The van der Waals surface area contributed by atoms with E-state index in [9.17, 15) is 9.59 Å². The van der Waals surface area contributed by atoms with Gasteiger partial charge in [0.1, 0.15) is 0 Å². The van der Waals surface area contributed by atoms with E-state index in [0.717, 1.165) is 5.56 Å². The molecular formula is C17H24N2O2S. The molecule has 1 aliphatic rings. The lowest BCUT2D eigenvalue weighted by Crippen LogP contribution is -2.53. The van der Waals surface area contributed by atoms with Crippen LogP contribution in [-0.4, -0.2) is 52.8 Å². The summed E-state index contributed by atoms with van der Waals surface area (Å²) < 4.78 is 0. The van der Waals surface area contributed by atoms with Crippen molar-refractivity contribution >= 4 is 23.6 Å². The monoisotopic (exact) mass is 320 g/mol. The lowest BCUT2D eigenvalue weighted by Gasteiger charge is -2.35. The Kier molecular flexibility index (Phi) is 5.51. The van der Waals surface area contributed by atoms with Crippen molar-refractivity contribution in [3.63, 3.8) is 0 Å². The van der Waals surface area contributed by atoms with Gasteiger partial charge >= 0.3 is 0 Å². The quantitative estimate of drug-likeness (QED) is 0.854. The Morgan fingerprint density at radius 2 is 1.86 bits per heavy atom. The van der Waals surface area contributed by atoms with E-state index < -0.39 is 0 Å². The molecule has 0 radical (unpaired) electrons. The highest BCUT2D eigenvalue weighted by Gasteiger charge is 2.29. The van der Waals surface area contributed by atoms with Gasteiger partial charge in [0.15, 0.2) is 0 Å². The van der Waals surface area contributed by atoms with Gasteiger partial charge < -0.3 is 9.80 Å². The van der Waals surface area contributed by atoms with Crippen LogP contribution in [0, 0.1) is 13.8 Å². The van der Waals surface area contributed by atoms with Crippen LogP contribution in [-0.2, 0) is 16.1 Å². The van der Waals surface area contributed by atoms with Crippen LogP contribution in [0.25, 0.3) is 0 Å². The van der Waals surface area contributed by atoms with Gasteiger partial charge in [-0.3, -0.25) is 9.59 Å². The lowest BCUT2D eigenvalue weighted by molar-refractivity contribution is -0.145. The maximum absolute atomic E-state index is 12.3. The van der Waals surface area contributed by atoms with Crippen molar-refractivity contribution in [3.05, 3.63) is 34.9 Å². The van der Waals surface area contributed by atoms with Crippen molar-refractivity contribution in [1.29, 1.82) is 0 Å². The van der Waals surface area contributed by atoms with Crippen LogP contribution in [0.2, 0.25) is 0 Å². The molecule has 4 nitrogen and oxygen atoms in total. The number of rotatable bonds is 4. The molecule has 1 heterocycles. The number of carbonyl (C=O) groups excluding carboxylic acids is 2. The van der Waals surface area contributed by atoms with Gasteiger partial charge in [-0.25, -0.2) is 0 Å². The van der Waals surface area contributed by atoms with Crippen molar-refractivity contribution < 1.29 is 9.59 Å². The summed E-state index contributed by atoms with van der Waals surface area (Å²) in [4.78, 5) is 28.0. The molecule has 0 bridgehead atoms. The molecule has 0 saturated carbocycles. The molecule has 0 aromatic heterocycles. The number of nitrogens with zero attached hydrogens (tertiary/aromatic N) is 2. The number of hydrogen-bond acceptors (Lipinski definition) is 3. The predicted molar refractivity (Wildman–Crippen MR) is 90.9 cm³/mol. The first-order valence-electron chi connectivity index (χ1n) is 7.57. The van der Waals surface area contributed by atoms with Crippen LogP contribution in [0.1, 0.15) is 23.6 Å². The molecule has 1 aromatic carbocycles. The minimum absolute atomic E-state index is 0.0343. The summed E-state index contributed by atoms with van der Waals surface area (Å²) >= 11 is 1.52. The zero-order valence-electron chi connectivity index (χ0n) is 13.8. The van der Waals surface area contributed by atoms with Gasteiger partial charge in [-0.2, -0.15) is 11.8 Å². The molecule has 5 heteroatoms. The second-order valence-corrected chi connectivity index (χ2v) is 7.13. The molecule has 1 saturated heterocycles. The molecule has 0 N–H and O–H groups in total. The first kappa shape index (κ1) is 16.9. The number of thioether (sulfide) groups is 1. The van der Waals surface area contributed by atoms with Crippen molar-refractivity contribution in [2.75, 3.05) is 25.9 Å². The number of piperazine rings is 1. The smallest absolute Gasteiger partial charge is 0.242 e. The zero-order valence-corrected chi connectivity index (χ0v) is 14.6. The van der Waals surface area contributed by atoms with Crippen LogP contribution < -0.4 is 0 Å². The standard InChI is InChI=1S/C17H24N2O2S/c1-12-7-13(2)9-15(8-12)10-18-5-6-19(11-16(18)20)17(21)14(3)22-4/h7-9,14H,5-6,10-11H2,1-4H3/t14-/m1/s1. The average Bonchev–Trinajstić information content (AvgIpc) is 2.46. The second kappa shape index (κ2) is 7.18. The Hall–Kier alpha value is -1.49. The van der Waals surface area contributed by atoms with E-state index in [1.54, 1.807) is 4.90 Å². The Bertz CT molecular complexity index is 554. The van der Waals surface area contributed by atoms with Crippen molar-refractivity contribution in [2.45, 2.75) is 32.6 Å². The molecule has 120 valence electrons. The third-order valence-electron chi connectivity index (χ3n) is 3.99. The number of carbonyl (C=O) groups is 2. The van der Waals surface area contributed by atoms with E-state index in [1.807, 2.05) is 18.1 Å². The van der Waals surface area contributed by atoms with E-state index in [1.165, 1.54) is 22.9 Å². The summed E-state index contributed by atoms with van der Waals surface area (Å²) in [5, 5.41) is -0.0845. The molecule has 1 fully saturated rings. The summed E-state index contributed by atoms with van der Waals surface area (Å²) in [5.74, 6) is 0.0963. The van der Waals surface area contributed by atoms with E-state index >= 15 is 0 Å². The lowest BCUT2D eigenvalue weighted by atomic mass is 10.1. The predicted octanol–water partition coefficient (Wildman–Crippen LogP) is 2.23. The molecule has 1 atom stereocenters. The van der Waals surface area contributed by atoms with Gasteiger partial charge in [-0.1, -0.05) is 29.3 Å². The minimum atomic E-state index is -0.0845. The van der Waals surface area contributed by atoms with E-state index in [0.29, 0.717) is 19.6 Å². The van der Waals surface area contributed by atoms with Crippen LogP contribution in [0.15, 0.2) is 18.2 Å². The first-order valence-corrected chi connectivity index (χ1v) is 8.86. The van der Waals surface area contributed by atoms with Crippen LogP contribution >= 0.6 is 11.8 Å². The molecule has 0 unspecified atom stereocenters. The zero-order chi connectivity index (χ0) is 16.3. The Morgan fingerprint density at radius 3 is 2.41 bits per heavy atom. The third-order valence-corrected chi connectivity index (χ3v) is 4.90. The van der Waals surface area contributed by atoms with Crippen molar-refractivity contribution in [3.8, 4) is 0 Å². The van der Waals surface area contributed by atoms with Crippen molar-refractivity contribution in [2.24, 2.45) is 0 Å². The summed E-state index contributed by atoms with van der Waals surface area (Å²) in [7, 11) is 0.